The van der Waals surface area contributed by atoms with Crippen molar-refractivity contribution in [3.05, 3.63) is 48.2 Å². The van der Waals surface area contributed by atoms with Gasteiger partial charge in [0.25, 0.3) is 5.91 Å². The molecule has 2 aromatic heterocycles. The Morgan fingerprint density at radius 3 is 2.48 bits per heavy atom. The molecule has 1 aliphatic heterocycles. The normalized spacial score (nSPS) is 16.1. The molecule has 27 heavy (non-hydrogen) atoms. The van der Waals surface area contributed by atoms with Crippen LogP contribution in [0.3, 0.4) is 0 Å². The average molecular weight is 392 g/mol. The Hall–Kier alpha value is -2.85. The molecular formula is C17H20N4O5S. The van der Waals surface area contributed by atoms with Crippen LogP contribution in [0, 0.1) is 0 Å². The second-order valence-corrected chi connectivity index (χ2v) is 8.05. The molecule has 2 amide bonds. The Kier molecular flexibility index (Phi) is 5.19. The Morgan fingerprint density at radius 2 is 1.93 bits per heavy atom. The molecule has 0 saturated carbocycles. The summed E-state index contributed by atoms with van der Waals surface area (Å²) in [5, 5.41) is 0. The second-order valence-electron chi connectivity index (χ2n) is 6.11. The molecule has 0 bridgehead atoms. The molecule has 0 spiro atoms. The predicted molar refractivity (Wildman–Crippen MR) is 97.0 cm³/mol. The van der Waals surface area contributed by atoms with Crippen molar-refractivity contribution in [2.45, 2.75) is 4.90 Å². The molecule has 0 atom stereocenters. The molecule has 144 valence electrons. The fraction of sp³-hybridized carbons (Fsp3) is 0.294. The number of nitrogens with zero attached hydrogens (tertiary/aromatic N) is 3. The van der Waals surface area contributed by atoms with Gasteiger partial charge in [0.05, 0.1) is 6.26 Å². The maximum absolute atomic E-state index is 12.8. The maximum Gasteiger partial charge on any atom is 0.265 e. The van der Waals surface area contributed by atoms with E-state index < -0.39 is 15.9 Å². The van der Waals surface area contributed by atoms with Crippen LogP contribution in [-0.4, -0.2) is 60.2 Å². The highest BCUT2D eigenvalue weighted by Crippen LogP contribution is 2.20. The van der Waals surface area contributed by atoms with Crippen LogP contribution in [-0.2, 0) is 21.9 Å². The highest BCUT2D eigenvalue weighted by atomic mass is 32.2. The monoisotopic (exact) mass is 392 g/mol. The molecule has 2 N–H and O–H groups in total. The number of nitrogens with two attached hydrogens (primary N) is 1. The van der Waals surface area contributed by atoms with Crippen molar-refractivity contribution >= 4 is 27.9 Å². The van der Waals surface area contributed by atoms with E-state index >= 15 is 0 Å². The molecular weight excluding hydrogens is 372 g/mol. The Balaban J connectivity index is 1.65. The third-order valence-corrected chi connectivity index (χ3v) is 6.22. The van der Waals surface area contributed by atoms with E-state index in [4.69, 9.17) is 10.2 Å². The zero-order valence-corrected chi connectivity index (χ0v) is 15.6. The van der Waals surface area contributed by atoms with Gasteiger partial charge < -0.3 is 19.6 Å². The lowest BCUT2D eigenvalue weighted by molar-refractivity contribution is -0.127. The number of hydrogen-bond acceptors (Lipinski definition) is 5. The van der Waals surface area contributed by atoms with Gasteiger partial charge in [0.15, 0.2) is 0 Å². The number of hydrogen-bond donors (Lipinski definition) is 1. The van der Waals surface area contributed by atoms with Crippen LogP contribution < -0.4 is 5.73 Å². The molecule has 9 nitrogen and oxygen atoms in total. The smallest absolute Gasteiger partial charge is 0.265 e. The number of amides is 2. The average Bonchev–Trinajstić information content (AvgIpc) is 3.29. The van der Waals surface area contributed by atoms with Crippen molar-refractivity contribution in [2.24, 2.45) is 12.8 Å². The molecule has 1 saturated heterocycles. The van der Waals surface area contributed by atoms with E-state index in [1.807, 2.05) is 0 Å². The minimum absolute atomic E-state index is 0.0105. The van der Waals surface area contributed by atoms with Crippen LogP contribution in [0.15, 0.2) is 46.0 Å². The van der Waals surface area contributed by atoms with Gasteiger partial charge in [-0.1, -0.05) is 0 Å². The topological polar surface area (TPSA) is 119 Å². The summed E-state index contributed by atoms with van der Waals surface area (Å²) in [5.74, 6) is -0.337. The number of piperazine rings is 1. The minimum Gasteiger partial charge on any atom is -0.465 e. The zero-order valence-electron chi connectivity index (χ0n) is 14.7. The third kappa shape index (κ3) is 3.96. The van der Waals surface area contributed by atoms with E-state index in [1.165, 1.54) is 33.5 Å². The van der Waals surface area contributed by atoms with Gasteiger partial charge in [0, 0.05) is 45.5 Å². The number of primary amides is 1. The largest absolute Gasteiger partial charge is 0.465 e. The van der Waals surface area contributed by atoms with Crippen LogP contribution in [0.4, 0.5) is 0 Å². The van der Waals surface area contributed by atoms with Gasteiger partial charge >= 0.3 is 0 Å². The molecule has 0 aliphatic carbocycles. The minimum atomic E-state index is -3.76. The first-order valence-corrected chi connectivity index (χ1v) is 9.70. The summed E-state index contributed by atoms with van der Waals surface area (Å²) in [6, 6.07) is 4.72. The number of carbonyl (C=O) groups is 2. The van der Waals surface area contributed by atoms with Crippen molar-refractivity contribution in [3.8, 4) is 0 Å². The molecule has 1 aliphatic rings. The van der Waals surface area contributed by atoms with E-state index in [0.717, 1.165) is 0 Å². The highest BCUT2D eigenvalue weighted by Gasteiger charge is 2.31. The van der Waals surface area contributed by atoms with Crippen molar-refractivity contribution in [3.63, 3.8) is 0 Å². The number of carbonyl (C=O) groups excluding carboxylic acids is 2. The molecule has 2 aromatic rings. The second kappa shape index (κ2) is 7.41. The summed E-state index contributed by atoms with van der Waals surface area (Å²) in [6.07, 6.45) is 5.85. The standard InChI is InChI=1S/C17H20N4O5S/c1-19-12-14(11-15(19)17(18)23)27(24,25)21-8-6-20(7-9-21)16(22)5-4-13-3-2-10-26-13/h2-5,10-12H,6-9H2,1H3,(H2,18,23)/b5-4+. The number of furan rings is 1. The summed E-state index contributed by atoms with van der Waals surface area (Å²) in [4.78, 5) is 25.1. The summed E-state index contributed by atoms with van der Waals surface area (Å²) < 4.78 is 33.3. The highest BCUT2D eigenvalue weighted by molar-refractivity contribution is 7.89. The Bertz CT molecular complexity index is 967. The van der Waals surface area contributed by atoms with Crippen molar-refractivity contribution in [1.29, 1.82) is 0 Å². The molecule has 0 unspecified atom stereocenters. The van der Waals surface area contributed by atoms with Crippen molar-refractivity contribution in [2.75, 3.05) is 26.2 Å². The van der Waals surface area contributed by atoms with Crippen molar-refractivity contribution < 1.29 is 22.4 Å². The number of rotatable bonds is 5. The quantitative estimate of drug-likeness (QED) is 0.732. The first-order chi connectivity index (χ1) is 12.8. The maximum atomic E-state index is 12.8. The van der Waals surface area contributed by atoms with E-state index in [2.05, 4.69) is 0 Å². The molecule has 3 heterocycles. The van der Waals surface area contributed by atoms with E-state index in [1.54, 1.807) is 30.2 Å². The van der Waals surface area contributed by atoms with Crippen LogP contribution in [0.25, 0.3) is 6.08 Å². The number of sulfonamides is 1. The third-order valence-electron chi connectivity index (χ3n) is 4.35. The lowest BCUT2D eigenvalue weighted by atomic mass is 10.3. The first-order valence-electron chi connectivity index (χ1n) is 8.26. The summed E-state index contributed by atoms with van der Waals surface area (Å²) >= 11 is 0. The molecule has 0 radical (unpaired) electrons. The van der Waals surface area contributed by atoms with Crippen LogP contribution in [0.2, 0.25) is 0 Å². The van der Waals surface area contributed by atoms with Gasteiger partial charge in [-0.05, 0) is 24.3 Å². The van der Waals surface area contributed by atoms with E-state index in [9.17, 15) is 18.0 Å². The Morgan fingerprint density at radius 1 is 1.22 bits per heavy atom. The van der Waals surface area contributed by atoms with Gasteiger partial charge in [0.2, 0.25) is 15.9 Å². The fourth-order valence-corrected chi connectivity index (χ4v) is 4.36. The van der Waals surface area contributed by atoms with Crippen LogP contribution >= 0.6 is 0 Å². The van der Waals surface area contributed by atoms with Crippen molar-refractivity contribution in [1.82, 2.24) is 13.8 Å². The van der Waals surface area contributed by atoms with E-state index in [0.29, 0.717) is 5.76 Å². The van der Waals surface area contributed by atoms with Gasteiger partial charge in [-0.25, -0.2) is 8.42 Å². The molecule has 1 fully saturated rings. The molecule has 0 aromatic carbocycles. The van der Waals surface area contributed by atoms with Gasteiger partial charge in [-0.3, -0.25) is 9.59 Å². The van der Waals surface area contributed by atoms with E-state index in [-0.39, 0.29) is 42.7 Å². The molecule has 10 heteroatoms. The van der Waals surface area contributed by atoms with Gasteiger partial charge in [-0.15, -0.1) is 0 Å². The lowest BCUT2D eigenvalue weighted by Crippen LogP contribution is -2.50. The number of aryl methyl sites for hydroxylation is 1. The summed E-state index contributed by atoms with van der Waals surface area (Å²) in [7, 11) is -2.20. The zero-order chi connectivity index (χ0) is 19.6. The summed E-state index contributed by atoms with van der Waals surface area (Å²) in [6.45, 7) is 0.888. The fourth-order valence-electron chi connectivity index (χ4n) is 2.86. The van der Waals surface area contributed by atoms with Crippen LogP contribution in [0.1, 0.15) is 16.2 Å². The Labute approximate surface area is 156 Å². The van der Waals surface area contributed by atoms with Gasteiger partial charge in [-0.2, -0.15) is 4.31 Å². The summed E-state index contributed by atoms with van der Waals surface area (Å²) in [5.41, 5.74) is 5.36. The molecule has 3 rings (SSSR count). The number of aromatic nitrogens is 1. The SMILES string of the molecule is Cn1cc(S(=O)(=O)N2CCN(C(=O)/C=C/c3ccco3)CC2)cc1C(N)=O. The first kappa shape index (κ1) is 18.9. The van der Waals surface area contributed by atoms with Crippen LogP contribution in [0.5, 0.6) is 0 Å². The lowest BCUT2D eigenvalue weighted by Gasteiger charge is -2.33. The van der Waals surface area contributed by atoms with Gasteiger partial charge in [0.1, 0.15) is 16.3 Å². The predicted octanol–water partition coefficient (Wildman–Crippen LogP) is 0.263.